The van der Waals surface area contributed by atoms with Gasteiger partial charge in [-0.15, -0.1) is 11.3 Å². The molecule has 0 unspecified atom stereocenters. The molecule has 148 valence electrons. The van der Waals surface area contributed by atoms with E-state index in [1.807, 2.05) is 55.5 Å². The van der Waals surface area contributed by atoms with Crippen molar-refractivity contribution in [3.8, 4) is 0 Å². The zero-order valence-corrected chi connectivity index (χ0v) is 17.7. The average molecular weight is 423 g/mol. The number of amides is 1. The average Bonchev–Trinajstić information content (AvgIpc) is 3.35. The van der Waals surface area contributed by atoms with Crippen molar-refractivity contribution in [1.29, 1.82) is 0 Å². The number of aromatic nitrogens is 1. The van der Waals surface area contributed by atoms with Crippen molar-refractivity contribution in [3.05, 3.63) is 82.3 Å². The van der Waals surface area contributed by atoms with Crippen LogP contribution in [0.25, 0.3) is 0 Å². The van der Waals surface area contributed by atoms with Crippen molar-refractivity contribution in [1.82, 2.24) is 15.2 Å². The van der Waals surface area contributed by atoms with Gasteiger partial charge in [-0.25, -0.2) is 0 Å². The minimum absolute atomic E-state index is 0.0177. The van der Waals surface area contributed by atoms with Gasteiger partial charge in [0.25, 0.3) is 0 Å². The van der Waals surface area contributed by atoms with E-state index >= 15 is 0 Å². The van der Waals surface area contributed by atoms with Gasteiger partial charge in [0.05, 0.1) is 17.8 Å². The third-order valence-corrected chi connectivity index (χ3v) is 6.21. The molecule has 4 rings (SSSR count). The minimum atomic E-state index is -0.0396. The number of carbonyl (C=O) groups excluding carboxylic acids is 1. The molecule has 2 atom stereocenters. The van der Waals surface area contributed by atoms with E-state index in [0.717, 1.165) is 16.9 Å². The summed E-state index contributed by atoms with van der Waals surface area (Å²) in [5.74, 6) is -0.0235. The van der Waals surface area contributed by atoms with Crippen LogP contribution in [-0.2, 0) is 4.79 Å². The fourth-order valence-corrected chi connectivity index (χ4v) is 4.79. The van der Waals surface area contributed by atoms with Crippen LogP contribution in [0.1, 0.15) is 34.6 Å². The molecule has 3 aromatic rings. The van der Waals surface area contributed by atoms with E-state index in [0.29, 0.717) is 18.1 Å². The summed E-state index contributed by atoms with van der Waals surface area (Å²) in [7, 11) is 0. The molecule has 1 amide bonds. The lowest BCUT2D eigenvalue weighted by Crippen LogP contribution is -2.32. The van der Waals surface area contributed by atoms with E-state index in [-0.39, 0.29) is 18.0 Å². The van der Waals surface area contributed by atoms with E-state index in [9.17, 15) is 4.79 Å². The van der Waals surface area contributed by atoms with Gasteiger partial charge in [-0.1, -0.05) is 24.3 Å². The molecule has 1 aromatic carbocycles. The van der Waals surface area contributed by atoms with Crippen LogP contribution >= 0.6 is 23.6 Å². The van der Waals surface area contributed by atoms with Crippen LogP contribution < -0.4 is 10.6 Å². The molecule has 1 fully saturated rings. The summed E-state index contributed by atoms with van der Waals surface area (Å²) in [6.07, 6.45) is 2.15. The molecule has 1 saturated heterocycles. The lowest BCUT2D eigenvalue weighted by Gasteiger charge is -2.26. The Kier molecular flexibility index (Phi) is 5.87. The van der Waals surface area contributed by atoms with Crippen LogP contribution in [0.4, 0.5) is 5.69 Å². The normalized spacial score (nSPS) is 18.5. The molecule has 0 radical (unpaired) electrons. The van der Waals surface area contributed by atoms with Crippen LogP contribution in [0.3, 0.4) is 0 Å². The van der Waals surface area contributed by atoms with Crippen molar-refractivity contribution >= 4 is 40.3 Å². The number of thiocarbonyl (C=S) groups is 1. The van der Waals surface area contributed by atoms with Crippen LogP contribution in [0.15, 0.2) is 66.2 Å². The molecule has 2 N–H and O–H groups in total. The van der Waals surface area contributed by atoms with Crippen molar-refractivity contribution < 1.29 is 4.79 Å². The number of benzene rings is 1. The number of thiophene rings is 1. The second-order valence-electron chi connectivity index (χ2n) is 7.00. The molecule has 3 heterocycles. The Labute approximate surface area is 179 Å². The highest BCUT2D eigenvalue weighted by atomic mass is 32.1. The zero-order chi connectivity index (χ0) is 20.2. The quantitative estimate of drug-likeness (QED) is 0.575. The van der Waals surface area contributed by atoms with Crippen molar-refractivity contribution in [2.75, 3.05) is 11.9 Å². The third-order valence-electron chi connectivity index (χ3n) is 4.91. The number of nitrogens with one attached hydrogen (secondary N) is 2. The van der Waals surface area contributed by atoms with Gasteiger partial charge in [0.1, 0.15) is 0 Å². The van der Waals surface area contributed by atoms with Gasteiger partial charge in [0, 0.05) is 29.7 Å². The summed E-state index contributed by atoms with van der Waals surface area (Å²) in [5.41, 5.74) is 2.88. The van der Waals surface area contributed by atoms with Crippen molar-refractivity contribution in [2.24, 2.45) is 0 Å². The van der Waals surface area contributed by atoms with Crippen molar-refractivity contribution in [3.63, 3.8) is 0 Å². The summed E-state index contributed by atoms with van der Waals surface area (Å²) in [6.45, 7) is 2.54. The molecule has 0 aliphatic carbocycles. The van der Waals surface area contributed by atoms with Crippen LogP contribution in [-0.4, -0.2) is 27.4 Å². The molecule has 0 bridgehead atoms. The van der Waals surface area contributed by atoms with Gasteiger partial charge in [0.2, 0.25) is 5.91 Å². The van der Waals surface area contributed by atoms with Crippen LogP contribution in [0.5, 0.6) is 0 Å². The Hall–Kier alpha value is -2.77. The molecule has 1 aliphatic rings. The number of hydrogen-bond acceptors (Lipinski definition) is 4. The number of rotatable bonds is 6. The molecular weight excluding hydrogens is 400 g/mol. The molecule has 29 heavy (non-hydrogen) atoms. The molecular formula is C22H22N4OS2. The Bertz CT molecular complexity index is 991. The van der Waals surface area contributed by atoms with E-state index in [1.54, 1.807) is 17.5 Å². The minimum Gasteiger partial charge on any atom is -0.352 e. The van der Waals surface area contributed by atoms with Crippen molar-refractivity contribution in [2.45, 2.75) is 25.4 Å². The number of pyridine rings is 1. The third kappa shape index (κ3) is 4.46. The predicted octanol–water partition coefficient (Wildman–Crippen LogP) is 4.45. The Morgan fingerprint density at radius 1 is 1.24 bits per heavy atom. The Morgan fingerprint density at radius 2 is 2.14 bits per heavy atom. The first kappa shape index (κ1) is 19.5. The van der Waals surface area contributed by atoms with Gasteiger partial charge >= 0.3 is 0 Å². The molecule has 0 saturated carbocycles. The van der Waals surface area contributed by atoms with E-state index < -0.39 is 0 Å². The number of anilines is 1. The fraction of sp³-hybridized carbons (Fsp3) is 0.227. The first-order valence-electron chi connectivity index (χ1n) is 9.50. The SMILES string of the molecule is Cc1cccc(NC(=O)CCN2C(=S)N[C@@H](c3ccccn3)[C@H]2c2cccs2)c1. The van der Waals surface area contributed by atoms with E-state index in [1.165, 1.54) is 4.88 Å². The number of aryl methyl sites for hydroxylation is 1. The highest BCUT2D eigenvalue weighted by Gasteiger charge is 2.40. The first-order chi connectivity index (χ1) is 14.1. The van der Waals surface area contributed by atoms with E-state index in [4.69, 9.17) is 12.2 Å². The van der Waals surface area contributed by atoms with Gasteiger partial charge in [-0.05, 0) is 60.4 Å². The summed E-state index contributed by atoms with van der Waals surface area (Å²) >= 11 is 7.32. The maximum Gasteiger partial charge on any atom is 0.226 e. The largest absolute Gasteiger partial charge is 0.352 e. The molecule has 1 aliphatic heterocycles. The van der Waals surface area contributed by atoms with Gasteiger partial charge in [-0.2, -0.15) is 0 Å². The van der Waals surface area contributed by atoms with Gasteiger partial charge in [0.15, 0.2) is 5.11 Å². The second-order valence-corrected chi connectivity index (χ2v) is 8.37. The molecule has 0 spiro atoms. The van der Waals surface area contributed by atoms with Crippen LogP contribution in [0.2, 0.25) is 0 Å². The predicted molar refractivity (Wildman–Crippen MR) is 121 cm³/mol. The summed E-state index contributed by atoms with van der Waals surface area (Å²) < 4.78 is 0. The highest BCUT2D eigenvalue weighted by molar-refractivity contribution is 7.80. The molecule has 2 aromatic heterocycles. The second kappa shape index (κ2) is 8.71. The summed E-state index contributed by atoms with van der Waals surface area (Å²) in [4.78, 5) is 20.4. The highest BCUT2D eigenvalue weighted by Crippen LogP contribution is 2.40. The van der Waals surface area contributed by atoms with Gasteiger partial charge < -0.3 is 15.5 Å². The number of hydrogen-bond donors (Lipinski definition) is 2. The lowest BCUT2D eigenvalue weighted by molar-refractivity contribution is -0.116. The first-order valence-corrected chi connectivity index (χ1v) is 10.8. The zero-order valence-electron chi connectivity index (χ0n) is 16.0. The summed E-state index contributed by atoms with van der Waals surface area (Å²) in [5, 5.41) is 9.10. The van der Waals surface area contributed by atoms with E-state index in [2.05, 4.69) is 32.0 Å². The molecule has 5 nitrogen and oxygen atoms in total. The number of nitrogens with zero attached hydrogens (tertiary/aromatic N) is 2. The maximum atomic E-state index is 12.5. The smallest absolute Gasteiger partial charge is 0.226 e. The monoisotopic (exact) mass is 422 g/mol. The Balaban J connectivity index is 1.49. The number of carbonyl (C=O) groups is 1. The fourth-order valence-electron chi connectivity index (χ4n) is 3.58. The summed E-state index contributed by atoms with van der Waals surface area (Å²) in [6, 6.07) is 17.8. The maximum absolute atomic E-state index is 12.5. The standard InChI is InChI=1S/C22H22N4OS2/c1-15-6-4-7-16(14-15)24-19(27)10-12-26-21(18-9-5-13-29-18)20(25-22(26)28)17-8-2-3-11-23-17/h2-9,11,13-14,20-21H,10,12H2,1H3,(H,24,27)(H,25,28)/t20-,21+/m0/s1. The molecule has 7 heteroatoms. The van der Waals surface area contributed by atoms with Gasteiger partial charge in [-0.3, -0.25) is 9.78 Å². The van der Waals surface area contributed by atoms with Crippen LogP contribution in [0, 0.1) is 6.92 Å². The lowest BCUT2D eigenvalue weighted by atomic mass is 10.0. The topological polar surface area (TPSA) is 57.3 Å². The Morgan fingerprint density at radius 3 is 2.86 bits per heavy atom.